The molecule has 2 N–H and O–H groups in total. The molecule has 1 atom stereocenters. The Kier molecular flexibility index (Phi) is 5.49. The van der Waals surface area contributed by atoms with Crippen molar-refractivity contribution in [3.8, 4) is 0 Å². The molecule has 0 aromatic heterocycles. The number of nitrogens with zero attached hydrogens (tertiary/aromatic N) is 1. The molecule has 4 nitrogen and oxygen atoms in total. The van der Waals surface area contributed by atoms with Crippen LogP contribution in [0.3, 0.4) is 0 Å². The lowest BCUT2D eigenvalue weighted by atomic mass is 9.98. The van der Waals surface area contributed by atoms with Gasteiger partial charge >= 0.3 is 11.8 Å². The van der Waals surface area contributed by atoms with Gasteiger partial charge in [-0.15, -0.1) is 4.59 Å². The Morgan fingerprint density at radius 2 is 1.35 bits per heavy atom. The summed E-state index contributed by atoms with van der Waals surface area (Å²) >= 11 is 0. The van der Waals surface area contributed by atoms with E-state index in [2.05, 4.69) is 6.92 Å². The maximum Gasteiger partial charge on any atom is 0.373 e. The Labute approximate surface area is 156 Å². The maximum absolute atomic E-state index is 13.4. The molecule has 138 valence electrons. The number of imide groups is 1. The van der Waals surface area contributed by atoms with Crippen LogP contribution >= 0.6 is 0 Å². The van der Waals surface area contributed by atoms with E-state index in [1.54, 1.807) is 24.3 Å². The fourth-order valence-electron chi connectivity index (χ4n) is 3.09. The third-order valence-corrected chi connectivity index (χ3v) is 4.78. The lowest BCUT2D eigenvalue weighted by molar-refractivity contribution is -0.829. The number of benzene rings is 2. The second-order valence-corrected chi connectivity index (χ2v) is 7.93. The Balaban J connectivity index is 2.57. The van der Waals surface area contributed by atoms with E-state index >= 15 is 0 Å². The number of hydrogen-bond donors (Lipinski definition) is 1. The van der Waals surface area contributed by atoms with Crippen LogP contribution < -0.4 is 5.84 Å². The zero-order valence-electron chi connectivity index (χ0n) is 16.6. The summed E-state index contributed by atoms with van der Waals surface area (Å²) in [5, 5.41) is 0. The molecule has 2 aromatic carbocycles. The van der Waals surface area contributed by atoms with E-state index < -0.39 is 21.9 Å². The van der Waals surface area contributed by atoms with Crippen molar-refractivity contribution in [3.05, 3.63) is 70.3 Å². The molecule has 4 heteroatoms. The van der Waals surface area contributed by atoms with Gasteiger partial charge in [-0.1, -0.05) is 25.1 Å². The Morgan fingerprint density at radius 3 is 1.77 bits per heavy atom. The smallest absolute Gasteiger partial charge is 0.223 e. The summed E-state index contributed by atoms with van der Waals surface area (Å²) in [5.74, 6) is 5.74. The second kappa shape index (κ2) is 7.14. The van der Waals surface area contributed by atoms with E-state index in [0.717, 1.165) is 23.1 Å². The third-order valence-electron chi connectivity index (χ3n) is 4.78. The molecular weight excluding hydrogens is 324 g/mol. The van der Waals surface area contributed by atoms with E-state index in [0.29, 0.717) is 11.1 Å². The van der Waals surface area contributed by atoms with Gasteiger partial charge in [-0.3, -0.25) is 0 Å². The average Bonchev–Trinajstić information content (AvgIpc) is 2.58. The highest BCUT2D eigenvalue weighted by Gasteiger charge is 2.52. The molecule has 2 rings (SSSR count). The highest BCUT2D eigenvalue weighted by atomic mass is 16.2. The van der Waals surface area contributed by atoms with Crippen LogP contribution in [0.25, 0.3) is 0 Å². The second-order valence-electron chi connectivity index (χ2n) is 7.93. The quantitative estimate of drug-likeness (QED) is 0.294. The van der Waals surface area contributed by atoms with Crippen molar-refractivity contribution in [2.45, 2.75) is 53.5 Å². The van der Waals surface area contributed by atoms with Crippen molar-refractivity contribution < 1.29 is 14.2 Å². The monoisotopic (exact) mass is 353 g/mol. The number of carbonyl (C=O) groups excluding carboxylic acids is 2. The van der Waals surface area contributed by atoms with Crippen LogP contribution in [0.2, 0.25) is 0 Å². The number of nitrogens with two attached hydrogens (primary N) is 1. The first-order chi connectivity index (χ1) is 12.0. The number of hydrogen-bond acceptors (Lipinski definition) is 3. The van der Waals surface area contributed by atoms with Crippen molar-refractivity contribution in [2.75, 3.05) is 0 Å². The number of amides is 2. The third kappa shape index (κ3) is 3.62. The van der Waals surface area contributed by atoms with Gasteiger partial charge in [0.1, 0.15) is 5.54 Å². The highest BCUT2D eigenvalue weighted by molar-refractivity contribution is 6.02. The lowest BCUT2D eigenvalue weighted by Crippen LogP contribution is -2.71. The zero-order valence-corrected chi connectivity index (χ0v) is 16.6. The molecule has 0 spiro atoms. The van der Waals surface area contributed by atoms with Crippen LogP contribution in [-0.4, -0.2) is 21.9 Å². The molecule has 1 unspecified atom stereocenters. The van der Waals surface area contributed by atoms with Gasteiger partial charge in [-0.25, -0.2) is 9.59 Å². The van der Waals surface area contributed by atoms with Crippen molar-refractivity contribution in [1.82, 2.24) is 0 Å². The first-order valence-corrected chi connectivity index (χ1v) is 8.95. The van der Waals surface area contributed by atoms with Crippen LogP contribution in [0.5, 0.6) is 0 Å². The minimum absolute atomic E-state index is 0.395. The van der Waals surface area contributed by atoms with Gasteiger partial charge in [0.05, 0.1) is 11.1 Å². The van der Waals surface area contributed by atoms with Crippen LogP contribution in [0.15, 0.2) is 42.5 Å². The van der Waals surface area contributed by atoms with E-state index in [1.807, 2.05) is 52.8 Å². The molecule has 0 saturated heterocycles. The molecule has 2 aromatic rings. The molecule has 26 heavy (non-hydrogen) atoms. The summed E-state index contributed by atoms with van der Waals surface area (Å²) in [6.07, 6.45) is 0.887. The molecule has 0 fully saturated rings. The van der Waals surface area contributed by atoms with Gasteiger partial charge in [-0.05, 0) is 82.0 Å². The van der Waals surface area contributed by atoms with Crippen LogP contribution in [-0.2, 0) is 6.42 Å². The van der Waals surface area contributed by atoms with E-state index in [1.165, 1.54) is 0 Å². The van der Waals surface area contributed by atoms with Crippen molar-refractivity contribution in [2.24, 2.45) is 5.84 Å². The minimum Gasteiger partial charge on any atom is -0.223 e. The van der Waals surface area contributed by atoms with E-state index in [9.17, 15) is 9.59 Å². The molecule has 0 heterocycles. The topological polar surface area (TPSA) is 60.2 Å². The first-order valence-electron chi connectivity index (χ1n) is 8.95. The van der Waals surface area contributed by atoms with Crippen molar-refractivity contribution >= 4 is 11.8 Å². The molecule has 0 radical (unpaired) electrons. The number of rotatable bonds is 3. The number of aryl methyl sites for hydroxylation is 3. The summed E-state index contributed by atoms with van der Waals surface area (Å²) in [6.45, 7) is 11.3. The van der Waals surface area contributed by atoms with Crippen LogP contribution in [0.1, 0.15) is 65.1 Å². The Bertz CT molecular complexity index is 812. The van der Waals surface area contributed by atoms with E-state index in [-0.39, 0.29) is 0 Å². The van der Waals surface area contributed by atoms with Crippen molar-refractivity contribution in [3.63, 3.8) is 0 Å². The van der Waals surface area contributed by atoms with Gasteiger partial charge in [0, 0.05) is 0 Å². The normalized spacial score (nSPS) is 14.0. The summed E-state index contributed by atoms with van der Waals surface area (Å²) in [5.41, 5.74) is 3.17. The van der Waals surface area contributed by atoms with Gasteiger partial charge in [0.15, 0.2) is 0 Å². The highest BCUT2D eigenvalue weighted by Crippen LogP contribution is 2.27. The molecule has 2 amide bonds. The summed E-state index contributed by atoms with van der Waals surface area (Å²) < 4.78 is -0.804. The number of quaternary nitrogens is 1. The van der Waals surface area contributed by atoms with Crippen LogP contribution in [0, 0.1) is 13.8 Å². The molecule has 0 aliphatic carbocycles. The largest absolute Gasteiger partial charge is 0.373 e. The number of carbonyl (C=O) groups is 2. The summed E-state index contributed by atoms with van der Waals surface area (Å²) in [4.78, 5) is 26.7. The molecular formula is C22H29N2O2+. The first kappa shape index (κ1) is 20.0. The average molecular weight is 353 g/mol. The maximum atomic E-state index is 13.4. The van der Waals surface area contributed by atoms with Crippen LogP contribution in [0.4, 0.5) is 0 Å². The lowest BCUT2D eigenvalue weighted by Gasteiger charge is -2.38. The van der Waals surface area contributed by atoms with Gasteiger partial charge < -0.3 is 0 Å². The standard InChI is InChI=1S/C22H29N2O2/c1-7-17-8-10-18(11-9-17)20(25)24(23,22(4,5)6)21(26)19-13-15(2)12-16(3)14-19/h8-14H,7,23H2,1-6H3/q+1. The van der Waals surface area contributed by atoms with E-state index in [4.69, 9.17) is 5.84 Å². The van der Waals surface area contributed by atoms with Gasteiger partial charge in [-0.2, -0.15) is 5.84 Å². The Morgan fingerprint density at radius 1 is 0.885 bits per heavy atom. The molecule has 0 saturated carbocycles. The zero-order chi connectivity index (χ0) is 19.7. The summed E-state index contributed by atoms with van der Waals surface area (Å²) in [7, 11) is 0. The predicted octanol–water partition coefficient (Wildman–Crippen LogP) is 4.34. The fourth-order valence-corrected chi connectivity index (χ4v) is 3.09. The van der Waals surface area contributed by atoms with Crippen molar-refractivity contribution in [1.29, 1.82) is 0 Å². The van der Waals surface area contributed by atoms with Gasteiger partial charge in [0.25, 0.3) is 0 Å². The minimum atomic E-state index is -0.804. The summed E-state index contributed by atoms with van der Waals surface area (Å²) in [6, 6.07) is 12.9. The predicted molar refractivity (Wildman–Crippen MR) is 105 cm³/mol. The van der Waals surface area contributed by atoms with Gasteiger partial charge in [0.2, 0.25) is 0 Å². The SMILES string of the molecule is CCc1ccc(C(=O)[N+](N)(C(=O)c2cc(C)cc(C)c2)C(C)(C)C)cc1. The fraction of sp³-hybridized carbons (Fsp3) is 0.364. The Hall–Kier alpha value is -2.30. The molecule has 0 aliphatic heterocycles. The molecule has 0 aliphatic rings. The molecule has 0 bridgehead atoms.